The highest BCUT2D eigenvalue weighted by Crippen LogP contribution is 2.44. The second kappa shape index (κ2) is 9.24. The second-order valence-electron chi connectivity index (χ2n) is 7.98. The highest BCUT2D eigenvalue weighted by atomic mass is 32.2. The standard InChI is InChI=1S/C23H25N7O2S/c1-14(2)26-6-3-9-30-22-20(21(24)27-12-28-22)29-23(30)33-19-11-18-17(31-13-32-18)10-16(19)15-4-7-25-8-5-15/h4-5,7-8,10-12,14,26H,3,6,9,13H2,1-2H3,(H2,24,27,28). The van der Waals surface area contributed by atoms with Crippen LogP contribution in [-0.2, 0) is 6.54 Å². The molecule has 0 radical (unpaired) electrons. The van der Waals surface area contributed by atoms with Crippen LogP contribution in [-0.4, -0.2) is 43.9 Å². The lowest BCUT2D eigenvalue weighted by Gasteiger charge is -2.13. The van der Waals surface area contributed by atoms with Crippen LogP contribution in [0, 0.1) is 0 Å². The van der Waals surface area contributed by atoms with Crippen LogP contribution in [0.3, 0.4) is 0 Å². The van der Waals surface area contributed by atoms with E-state index in [9.17, 15) is 0 Å². The van der Waals surface area contributed by atoms with Crippen molar-refractivity contribution in [3.63, 3.8) is 0 Å². The average Bonchev–Trinajstić information content (AvgIpc) is 3.41. The zero-order chi connectivity index (χ0) is 22.8. The zero-order valence-electron chi connectivity index (χ0n) is 18.5. The van der Waals surface area contributed by atoms with Crippen LogP contribution in [0.2, 0.25) is 0 Å². The van der Waals surface area contributed by atoms with Crippen molar-refractivity contribution in [3.8, 4) is 22.6 Å². The minimum Gasteiger partial charge on any atom is -0.454 e. The Morgan fingerprint density at radius 1 is 1.15 bits per heavy atom. The first-order chi connectivity index (χ1) is 16.1. The largest absolute Gasteiger partial charge is 0.454 e. The Labute approximate surface area is 195 Å². The highest BCUT2D eigenvalue weighted by Gasteiger charge is 2.22. The second-order valence-corrected chi connectivity index (χ2v) is 8.99. The molecular weight excluding hydrogens is 438 g/mol. The maximum atomic E-state index is 6.13. The maximum Gasteiger partial charge on any atom is 0.231 e. The van der Waals surface area contributed by atoms with E-state index in [0.717, 1.165) is 57.8 Å². The molecule has 1 aliphatic rings. The van der Waals surface area contributed by atoms with Crippen LogP contribution in [0.25, 0.3) is 22.3 Å². The van der Waals surface area contributed by atoms with Crippen LogP contribution in [0.1, 0.15) is 20.3 Å². The number of pyridine rings is 1. The van der Waals surface area contributed by atoms with E-state index in [0.29, 0.717) is 17.4 Å². The van der Waals surface area contributed by atoms with Gasteiger partial charge in [0.25, 0.3) is 0 Å². The molecule has 33 heavy (non-hydrogen) atoms. The first kappa shape index (κ1) is 21.5. The molecule has 0 amide bonds. The molecule has 1 aromatic carbocycles. The number of anilines is 1. The summed E-state index contributed by atoms with van der Waals surface area (Å²) in [5, 5.41) is 4.26. The molecule has 1 aliphatic heterocycles. The minimum absolute atomic E-state index is 0.215. The van der Waals surface area contributed by atoms with Crippen molar-refractivity contribution >= 4 is 28.7 Å². The molecule has 9 nitrogen and oxygen atoms in total. The molecule has 0 aliphatic carbocycles. The Morgan fingerprint density at radius 3 is 2.73 bits per heavy atom. The Morgan fingerprint density at radius 2 is 1.94 bits per heavy atom. The lowest BCUT2D eigenvalue weighted by atomic mass is 10.1. The number of hydrogen-bond donors (Lipinski definition) is 2. The number of hydrogen-bond acceptors (Lipinski definition) is 9. The number of ether oxygens (including phenoxy) is 2. The zero-order valence-corrected chi connectivity index (χ0v) is 19.3. The molecule has 3 N–H and O–H groups in total. The highest BCUT2D eigenvalue weighted by molar-refractivity contribution is 7.99. The van der Waals surface area contributed by atoms with E-state index in [2.05, 4.69) is 38.7 Å². The first-order valence-corrected chi connectivity index (χ1v) is 11.6. The summed E-state index contributed by atoms with van der Waals surface area (Å²) < 4.78 is 13.4. The number of nitrogens with zero attached hydrogens (tertiary/aromatic N) is 5. The van der Waals surface area contributed by atoms with Crippen molar-refractivity contribution in [3.05, 3.63) is 43.0 Å². The van der Waals surface area contributed by atoms with Crippen molar-refractivity contribution in [2.45, 2.75) is 42.9 Å². The number of benzene rings is 1. The summed E-state index contributed by atoms with van der Waals surface area (Å²) >= 11 is 1.55. The molecule has 0 bridgehead atoms. The van der Waals surface area contributed by atoms with Gasteiger partial charge in [0.2, 0.25) is 6.79 Å². The molecule has 10 heteroatoms. The number of aromatic nitrogens is 5. The average molecular weight is 464 g/mol. The van der Waals surface area contributed by atoms with E-state index in [4.69, 9.17) is 20.2 Å². The fraction of sp³-hybridized carbons (Fsp3) is 0.304. The van der Waals surface area contributed by atoms with Gasteiger partial charge in [0.05, 0.1) is 0 Å². The Kier molecular flexibility index (Phi) is 6.01. The molecule has 0 fully saturated rings. The number of fused-ring (bicyclic) bond motifs is 2. The van der Waals surface area contributed by atoms with Crippen molar-refractivity contribution in [2.24, 2.45) is 0 Å². The fourth-order valence-corrected chi connectivity index (χ4v) is 4.78. The molecule has 3 aromatic heterocycles. The van der Waals surface area contributed by atoms with Crippen LogP contribution < -0.4 is 20.5 Å². The SMILES string of the molecule is CC(C)NCCCn1c(Sc2cc3c(cc2-c2ccncc2)OCO3)nc2c(N)ncnc21. The van der Waals surface area contributed by atoms with E-state index < -0.39 is 0 Å². The molecule has 4 heterocycles. The topological polar surface area (TPSA) is 113 Å². The van der Waals surface area contributed by atoms with Gasteiger partial charge in [-0.2, -0.15) is 0 Å². The molecule has 0 unspecified atom stereocenters. The van der Waals surface area contributed by atoms with Crippen molar-refractivity contribution in [2.75, 3.05) is 19.1 Å². The lowest BCUT2D eigenvalue weighted by Crippen LogP contribution is -2.24. The summed E-state index contributed by atoms with van der Waals surface area (Å²) in [7, 11) is 0. The van der Waals surface area contributed by atoms with E-state index >= 15 is 0 Å². The minimum atomic E-state index is 0.215. The smallest absolute Gasteiger partial charge is 0.231 e. The van der Waals surface area contributed by atoms with Crippen molar-refractivity contribution in [1.29, 1.82) is 0 Å². The molecule has 4 aromatic rings. The van der Waals surface area contributed by atoms with E-state index in [1.807, 2.05) is 24.3 Å². The summed E-state index contributed by atoms with van der Waals surface area (Å²) in [6, 6.07) is 8.40. The molecule has 170 valence electrons. The van der Waals surface area contributed by atoms with E-state index in [-0.39, 0.29) is 6.79 Å². The van der Waals surface area contributed by atoms with E-state index in [1.54, 1.807) is 24.2 Å². The van der Waals surface area contributed by atoms with Crippen molar-refractivity contribution < 1.29 is 9.47 Å². The van der Waals surface area contributed by atoms with Crippen molar-refractivity contribution in [1.82, 2.24) is 29.8 Å². The summed E-state index contributed by atoms with van der Waals surface area (Å²) in [5.74, 6) is 1.83. The van der Waals surface area contributed by atoms with Crippen LogP contribution in [0.15, 0.2) is 53.0 Å². The lowest BCUT2D eigenvalue weighted by molar-refractivity contribution is 0.174. The first-order valence-electron chi connectivity index (χ1n) is 10.8. The quantitative estimate of drug-likeness (QED) is 0.377. The summed E-state index contributed by atoms with van der Waals surface area (Å²) in [5.41, 5.74) is 9.54. The summed E-state index contributed by atoms with van der Waals surface area (Å²) in [6.07, 6.45) is 5.97. The van der Waals surface area contributed by atoms with Gasteiger partial charge in [0.15, 0.2) is 33.6 Å². The van der Waals surface area contributed by atoms with Crippen LogP contribution in [0.4, 0.5) is 5.82 Å². The Balaban J connectivity index is 1.55. The fourth-order valence-electron chi connectivity index (χ4n) is 3.70. The Hall–Kier alpha value is -3.37. The monoisotopic (exact) mass is 463 g/mol. The molecule has 0 atom stereocenters. The van der Waals surface area contributed by atoms with Gasteiger partial charge >= 0.3 is 0 Å². The summed E-state index contributed by atoms with van der Waals surface area (Å²) in [4.78, 5) is 18.6. The number of aryl methyl sites for hydroxylation is 1. The molecule has 0 saturated carbocycles. The number of nitrogens with one attached hydrogen (secondary N) is 1. The predicted octanol–water partition coefficient (Wildman–Crippen LogP) is 3.74. The van der Waals surface area contributed by atoms with Crippen LogP contribution >= 0.6 is 11.8 Å². The van der Waals surface area contributed by atoms with Gasteiger partial charge in [0.1, 0.15) is 6.33 Å². The summed E-state index contributed by atoms with van der Waals surface area (Å²) in [6.45, 7) is 6.15. The van der Waals surface area contributed by atoms with Gasteiger partial charge in [-0.1, -0.05) is 25.6 Å². The molecule has 0 saturated heterocycles. The number of rotatable bonds is 8. The normalized spacial score (nSPS) is 12.7. The Bertz CT molecular complexity index is 1280. The number of nitrogen functional groups attached to an aromatic ring is 1. The third-order valence-electron chi connectivity index (χ3n) is 5.30. The van der Waals surface area contributed by atoms with Gasteiger partial charge in [-0.3, -0.25) is 4.98 Å². The van der Waals surface area contributed by atoms with Gasteiger partial charge < -0.3 is 25.1 Å². The van der Waals surface area contributed by atoms with E-state index in [1.165, 1.54) is 6.33 Å². The third-order valence-corrected chi connectivity index (χ3v) is 6.36. The molecule has 5 rings (SSSR count). The van der Waals surface area contributed by atoms with Gasteiger partial charge in [0, 0.05) is 29.9 Å². The van der Waals surface area contributed by atoms with Crippen LogP contribution in [0.5, 0.6) is 11.5 Å². The van der Waals surface area contributed by atoms with Gasteiger partial charge in [-0.15, -0.1) is 0 Å². The number of nitrogens with two attached hydrogens (primary N) is 1. The number of imidazole rings is 1. The predicted molar refractivity (Wildman–Crippen MR) is 127 cm³/mol. The molecular formula is C23H25N7O2S. The molecule has 0 spiro atoms. The maximum absolute atomic E-state index is 6.13. The third kappa shape index (κ3) is 4.44. The van der Waals surface area contributed by atoms with Gasteiger partial charge in [-0.25, -0.2) is 15.0 Å². The van der Waals surface area contributed by atoms with Gasteiger partial charge in [-0.05, 0) is 48.4 Å².